The molecule has 2 aromatic heterocycles. The summed E-state index contributed by atoms with van der Waals surface area (Å²) in [5, 5.41) is 6.72. The number of aryl methyl sites for hydroxylation is 3. The molecular weight excluding hydrogens is 971 g/mol. The van der Waals surface area contributed by atoms with Crippen LogP contribution >= 0.6 is 0 Å². The van der Waals surface area contributed by atoms with E-state index in [9.17, 15) is 0 Å². The summed E-state index contributed by atoms with van der Waals surface area (Å²) in [6.07, 6.45) is 2.65. The molecule has 0 bridgehead atoms. The van der Waals surface area contributed by atoms with Crippen molar-refractivity contribution in [2.24, 2.45) is 0 Å². The minimum atomic E-state index is -0.722. The molecule has 0 saturated carbocycles. The number of furan rings is 2. The summed E-state index contributed by atoms with van der Waals surface area (Å²) in [7, 11) is 0. The van der Waals surface area contributed by atoms with Gasteiger partial charge in [0, 0.05) is 21.5 Å². The molecule has 0 saturated heterocycles. The molecule has 3 atom stereocenters. The van der Waals surface area contributed by atoms with Gasteiger partial charge in [0.15, 0.2) is 0 Å². The predicted molar refractivity (Wildman–Crippen MR) is 321 cm³/mol. The van der Waals surface area contributed by atoms with Gasteiger partial charge >= 0.3 is 0 Å². The van der Waals surface area contributed by atoms with Gasteiger partial charge in [0.2, 0.25) is 0 Å². The molecule has 14 rings (SSSR count). The van der Waals surface area contributed by atoms with Gasteiger partial charge in [-0.05, 0) is 183 Å². The van der Waals surface area contributed by atoms with Gasteiger partial charge in [0.25, 0.3) is 0 Å². The van der Waals surface area contributed by atoms with Crippen LogP contribution in [0.25, 0.3) is 65.8 Å². The van der Waals surface area contributed by atoms with Crippen LogP contribution in [-0.2, 0) is 24.7 Å². The van der Waals surface area contributed by atoms with Crippen LogP contribution in [0.4, 0.5) is 8.78 Å². The van der Waals surface area contributed by atoms with Gasteiger partial charge < -0.3 is 8.83 Å². The maximum atomic E-state index is 16.2. The minimum Gasteiger partial charge on any atom is -0.456 e. The summed E-state index contributed by atoms with van der Waals surface area (Å²) in [5.74, 6) is -0.587. The number of hydrogen-bond acceptors (Lipinski definition) is 2. The Morgan fingerprint density at radius 3 is 1.70 bits per heavy atom. The molecular formula is C75H58F2O2. The Bertz CT molecular complexity index is 4450. The zero-order valence-electron chi connectivity index (χ0n) is 44.6. The van der Waals surface area contributed by atoms with Crippen LogP contribution < -0.4 is 0 Å². The summed E-state index contributed by atoms with van der Waals surface area (Å²) in [5.41, 5.74) is 18.6. The molecule has 1 aliphatic carbocycles. The van der Waals surface area contributed by atoms with Crippen molar-refractivity contribution < 1.29 is 17.6 Å². The van der Waals surface area contributed by atoms with E-state index >= 15 is 8.78 Å². The first-order valence-electron chi connectivity index (χ1n) is 27.8. The number of halogens is 2. The van der Waals surface area contributed by atoms with E-state index in [4.69, 9.17) is 8.83 Å². The zero-order valence-corrected chi connectivity index (χ0v) is 44.6. The van der Waals surface area contributed by atoms with E-state index in [0.717, 1.165) is 73.4 Å². The molecule has 0 fully saturated rings. The Labute approximate surface area is 459 Å². The van der Waals surface area contributed by atoms with Gasteiger partial charge in [0.1, 0.15) is 34.0 Å². The lowest BCUT2D eigenvalue weighted by molar-refractivity contribution is 0.543. The van der Waals surface area contributed by atoms with Crippen molar-refractivity contribution in [1.82, 2.24) is 0 Å². The summed E-state index contributed by atoms with van der Waals surface area (Å²) in [6.45, 7) is 6.71. The van der Waals surface area contributed by atoms with Crippen molar-refractivity contribution in [2.75, 3.05) is 0 Å². The fourth-order valence-corrected chi connectivity index (χ4v) is 13.7. The number of hydrogen-bond donors (Lipinski definition) is 0. The monoisotopic (exact) mass is 1030 g/mol. The zero-order chi connectivity index (χ0) is 53.4. The quantitative estimate of drug-likeness (QED) is 0.115. The molecule has 2 nitrogen and oxygen atoms in total. The van der Waals surface area contributed by atoms with Crippen molar-refractivity contribution in [3.8, 4) is 11.1 Å². The van der Waals surface area contributed by atoms with Gasteiger partial charge in [-0.3, -0.25) is 0 Å². The van der Waals surface area contributed by atoms with E-state index < -0.39 is 5.41 Å². The van der Waals surface area contributed by atoms with E-state index in [1.165, 1.54) is 66.4 Å². The average Bonchev–Trinajstić information content (AvgIpc) is 2.57. The molecule has 4 heteroatoms. The third kappa shape index (κ3) is 8.27. The lowest BCUT2D eigenvalue weighted by atomic mass is 9.66. The second-order valence-electron chi connectivity index (χ2n) is 22.2. The lowest BCUT2D eigenvalue weighted by Crippen LogP contribution is -2.29. The van der Waals surface area contributed by atoms with E-state index in [-0.39, 0.29) is 29.4 Å². The minimum absolute atomic E-state index is 0.0347. The second-order valence-corrected chi connectivity index (χ2v) is 22.2. The van der Waals surface area contributed by atoms with E-state index in [1.807, 2.05) is 48.5 Å². The number of benzene rings is 11. The molecule has 0 N–H and O–H groups in total. The Kier molecular flexibility index (Phi) is 12.0. The normalized spacial score (nSPS) is 14.0. The lowest BCUT2D eigenvalue weighted by Gasteiger charge is -2.35. The highest BCUT2D eigenvalue weighted by atomic mass is 19.1. The highest BCUT2D eigenvalue weighted by molar-refractivity contribution is 6.07. The maximum Gasteiger partial charge on any atom is 0.135 e. The van der Waals surface area contributed by atoms with Crippen molar-refractivity contribution in [3.05, 3.63) is 309 Å². The van der Waals surface area contributed by atoms with Crippen molar-refractivity contribution in [1.29, 1.82) is 0 Å². The largest absolute Gasteiger partial charge is 0.456 e. The number of rotatable bonds is 13. The molecule has 384 valence electrons. The molecule has 3 unspecified atom stereocenters. The Morgan fingerprint density at radius 1 is 0.430 bits per heavy atom. The molecule has 79 heavy (non-hydrogen) atoms. The Morgan fingerprint density at radius 2 is 1.01 bits per heavy atom. The first-order valence-corrected chi connectivity index (χ1v) is 27.8. The highest BCUT2D eigenvalue weighted by Gasteiger charge is 2.48. The molecule has 0 spiro atoms. The third-order valence-electron chi connectivity index (χ3n) is 17.5. The second kappa shape index (κ2) is 19.6. The molecule has 0 amide bonds. The fraction of sp³-hybridized carbons (Fsp3) is 0.147. The summed E-state index contributed by atoms with van der Waals surface area (Å²) in [4.78, 5) is 0. The molecule has 2 heterocycles. The summed E-state index contributed by atoms with van der Waals surface area (Å²) in [6, 6.07) is 80.8. The molecule has 13 aromatic rings. The van der Waals surface area contributed by atoms with Crippen molar-refractivity contribution >= 4 is 54.6 Å². The topological polar surface area (TPSA) is 26.3 Å². The fourth-order valence-electron chi connectivity index (χ4n) is 13.7. The predicted octanol–water partition coefficient (Wildman–Crippen LogP) is 20.0. The van der Waals surface area contributed by atoms with Crippen LogP contribution in [0.2, 0.25) is 0 Å². The van der Waals surface area contributed by atoms with Gasteiger partial charge in [-0.1, -0.05) is 200 Å². The molecule has 0 aliphatic heterocycles. The maximum absolute atomic E-state index is 16.2. The summed E-state index contributed by atoms with van der Waals surface area (Å²) >= 11 is 0. The SMILES string of the molecule is Cc1cccc(C2(c3cccc(C)c3)c3cc(C(C)C(Cc4ccccc4F)c4ccc5oc6ccccc6c5c4)ccc3-c3c2cc(CCC(Cc2ccc4oc5ccccc5c4c2)c2ccccc2F)c2ccccc32)c1. The first-order chi connectivity index (χ1) is 38.7. The number of para-hydroxylation sites is 2. The molecule has 1 aliphatic rings. The molecule has 0 radical (unpaired) electrons. The van der Waals surface area contributed by atoms with Gasteiger partial charge in [-0.25, -0.2) is 8.78 Å². The third-order valence-corrected chi connectivity index (χ3v) is 17.5. The van der Waals surface area contributed by atoms with Crippen LogP contribution in [0.1, 0.15) is 97.9 Å². The number of fused-ring (bicyclic) bond motifs is 11. The van der Waals surface area contributed by atoms with Crippen molar-refractivity contribution in [3.63, 3.8) is 0 Å². The smallest absolute Gasteiger partial charge is 0.135 e. The average molecular weight is 1030 g/mol. The standard InChI is InChI=1S/C75H58F2O2/c1-46-16-14-19-55(38-46)75(56-20-15-17-47(2)39-56)66-44-50(48(3)63(43-54-18-4-10-26-68(54)76)52-34-37-73-65(42-52)60-24-9-13-29-71(60)79-73)33-35-62(66)74-61-25-6-5-21-57(61)53(45-67(74)75)32-31-51(58-22-7-11-27-69(58)77)40-49-30-36-72-64(41-49)59-23-8-12-28-70(59)78-72/h4-30,33-39,41-42,44-45,48,51,63H,31-32,40,43H2,1-3H3. The van der Waals surface area contributed by atoms with E-state index in [1.54, 1.807) is 24.3 Å². The van der Waals surface area contributed by atoms with Crippen molar-refractivity contribution in [2.45, 2.75) is 69.6 Å². The van der Waals surface area contributed by atoms with Gasteiger partial charge in [-0.15, -0.1) is 0 Å². The van der Waals surface area contributed by atoms with Crippen LogP contribution in [-0.4, -0.2) is 0 Å². The van der Waals surface area contributed by atoms with E-state index in [2.05, 4.69) is 178 Å². The first kappa shape index (κ1) is 48.5. The van der Waals surface area contributed by atoms with E-state index in [0.29, 0.717) is 18.4 Å². The van der Waals surface area contributed by atoms with Crippen LogP contribution in [0.3, 0.4) is 0 Å². The van der Waals surface area contributed by atoms with Crippen LogP contribution in [0.5, 0.6) is 0 Å². The molecule has 11 aromatic carbocycles. The summed E-state index contributed by atoms with van der Waals surface area (Å²) < 4.78 is 44.7. The Hall–Kier alpha value is -8.86. The van der Waals surface area contributed by atoms with Crippen LogP contribution in [0, 0.1) is 25.5 Å². The van der Waals surface area contributed by atoms with Gasteiger partial charge in [0.05, 0.1) is 5.41 Å². The van der Waals surface area contributed by atoms with Crippen LogP contribution in [0.15, 0.2) is 239 Å². The highest BCUT2D eigenvalue weighted by Crippen LogP contribution is 2.59. The van der Waals surface area contributed by atoms with Gasteiger partial charge in [-0.2, -0.15) is 0 Å². The Balaban J connectivity index is 0.937.